The maximum atomic E-state index is 12.1. The van der Waals surface area contributed by atoms with Gasteiger partial charge in [-0.2, -0.15) is 0 Å². The van der Waals surface area contributed by atoms with Crippen molar-refractivity contribution in [2.24, 2.45) is 0 Å². The summed E-state index contributed by atoms with van der Waals surface area (Å²) in [6.45, 7) is 1.15. The van der Waals surface area contributed by atoms with Crippen LogP contribution in [-0.2, 0) is 9.59 Å². The van der Waals surface area contributed by atoms with Crippen molar-refractivity contribution >= 4 is 11.9 Å². The van der Waals surface area contributed by atoms with Crippen molar-refractivity contribution in [3.8, 4) is 0 Å². The molecule has 0 spiro atoms. The van der Waals surface area contributed by atoms with Crippen LogP contribution in [0, 0.1) is 0 Å². The summed E-state index contributed by atoms with van der Waals surface area (Å²) in [7, 11) is 0. The highest BCUT2D eigenvalue weighted by molar-refractivity contribution is 5.84. The highest BCUT2D eigenvalue weighted by Crippen LogP contribution is 2.20. The molecule has 2 heterocycles. The van der Waals surface area contributed by atoms with E-state index in [0.29, 0.717) is 12.5 Å². The molecule has 108 valence electrons. The Hall–Kier alpha value is -1.14. The average molecular weight is 270 g/mol. The van der Waals surface area contributed by atoms with Gasteiger partial charge in [0.2, 0.25) is 5.91 Å². The Labute approximate surface area is 112 Å². The minimum Gasteiger partial charge on any atom is -0.480 e. The fraction of sp³-hybridized carbons (Fsp3) is 0.846. The quantitative estimate of drug-likeness (QED) is 0.666. The molecule has 3 N–H and O–H groups in total. The van der Waals surface area contributed by atoms with Gasteiger partial charge in [-0.15, -0.1) is 0 Å². The molecule has 0 bridgehead atoms. The SMILES string of the molecule is O=C(O)C1CC(O)CN1C(=O)CCC1CCCCN1. The van der Waals surface area contributed by atoms with E-state index in [1.807, 2.05) is 0 Å². The molecule has 2 aliphatic rings. The zero-order valence-electron chi connectivity index (χ0n) is 11.0. The molecule has 0 aromatic carbocycles. The second-order valence-corrected chi connectivity index (χ2v) is 5.48. The van der Waals surface area contributed by atoms with Gasteiger partial charge in [0.05, 0.1) is 6.10 Å². The van der Waals surface area contributed by atoms with E-state index in [4.69, 9.17) is 5.11 Å². The van der Waals surface area contributed by atoms with E-state index in [0.717, 1.165) is 19.4 Å². The van der Waals surface area contributed by atoms with Crippen LogP contribution in [-0.4, -0.2) is 58.3 Å². The molecule has 19 heavy (non-hydrogen) atoms. The number of β-amino-alcohol motifs (C(OH)–C–C–N with tert-alkyl or cyclic N) is 1. The predicted molar refractivity (Wildman–Crippen MR) is 68.6 cm³/mol. The number of piperidine rings is 1. The standard InChI is InChI=1S/C13H22N2O4/c16-10-7-11(13(18)19)15(8-10)12(17)5-4-9-3-1-2-6-14-9/h9-11,14,16H,1-8H2,(H,18,19). The Morgan fingerprint density at radius 2 is 2.11 bits per heavy atom. The molecular weight excluding hydrogens is 248 g/mol. The van der Waals surface area contributed by atoms with Gasteiger partial charge in [0.1, 0.15) is 6.04 Å². The third kappa shape index (κ3) is 3.67. The van der Waals surface area contributed by atoms with E-state index in [-0.39, 0.29) is 18.9 Å². The largest absolute Gasteiger partial charge is 0.480 e. The van der Waals surface area contributed by atoms with Gasteiger partial charge < -0.3 is 20.4 Å². The van der Waals surface area contributed by atoms with Gasteiger partial charge in [-0.3, -0.25) is 4.79 Å². The van der Waals surface area contributed by atoms with Gasteiger partial charge in [-0.25, -0.2) is 4.79 Å². The Kier molecular flexibility index (Phi) is 4.76. The van der Waals surface area contributed by atoms with Gasteiger partial charge in [-0.05, 0) is 25.8 Å². The number of carbonyl (C=O) groups is 2. The van der Waals surface area contributed by atoms with Gasteiger partial charge in [0.25, 0.3) is 0 Å². The monoisotopic (exact) mass is 270 g/mol. The molecule has 1 amide bonds. The molecule has 0 aliphatic carbocycles. The number of carbonyl (C=O) groups excluding carboxylic acids is 1. The second kappa shape index (κ2) is 6.34. The number of aliphatic carboxylic acids is 1. The van der Waals surface area contributed by atoms with Crippen LogP contribution in [0.5, 0.6) is 0 Å². The van der Waals surface area contributed by atoms with E-state index in [1.165, 1.54) is 17.7 Å². The molecule has 2 rings (SSSR count). The predicted octanol–water partition coefficient (Wildman–Crippen LogP) is -0.0449. The Bertz CT molecular complexity index is 342. The lowest BCUT2D eigenvalue weighted by Crippen LogP contribution is -2.41. The van der Waals surface area contributed by atoms with Crippen LogP contribution < -0.4 is 5.32 Å². The van der Waals surface area contributed by atoms with E-state index < -0.39 is 18.1 Å². The molecule has 2 aliphatic heterocycles. The maximum absolute atomic E-state index is 12.1. The van der Waals surface area contributed by atoms with E-state index in [1.54, 1.807) is 0 Å². The van der Waals surface area contributed by atoms with Crippen molar-refractivity contribution in [2.75, 3.05) is 13.1 Å². The Morgan fingerprint density at radius 1 is 1.32 bits per heavy atom. The number of hydrogen-bond donors (Lipinski definition) is 3. The summed E-state index contributed by atoms with van der Waals surface area (Å²) in [5.41, 5.74) is 0. The summed E-state index contributed by atoms with van der Waals surface area (Å²) < 4.78 is 0. The van der Waals surface area contributed by atoms with Crippen LogP contribution in [0.1, 0.15) is 38.5 Å². The molecule has 0 aromatic rings. The first kappa shape index (κ1) is 14.3. The molecular formula is C13H22N2O4. The van der Waals surface area contributed by atoms with Crippen molar-refractivity contribution in [1.82, 2.24) is 10.2 Å². The summed E-state index contributed by atoms with van der Waals surface area (Å²) in [4.78, 5) is 24.4. The van der Waals surface area contributed by atoms with Gasteiger partial charge >= 0.3 is 5.97 Å². The Morgan fingerprint density at radius 3 is 2.74 bits per heavy atom. The topological polar surface area (TPSA) is 89.9 Å². The van der Waals surface area contributed by atoms with Crippen LogP contribution in [0.2, 0.25) is 0 Å². The van der Waals surface area contributed by atoms with Crippen LogP contribution >= 0.6 is 0 Å². The Balaban J connectivity index is 1.82. The number of amides is 1. The normalized spacial score (nSPS) is 31.4. The highest BCUT2D eigenvalue weighted by atomic mass is 16.4. The molecule has 3 unspecified atom stereocenters. The number of rotatable bonds is 4. The summed E-state index contributed by atoms with van der Waals surface area (Å²) in [5, 5.41) is 21.9. The number of nitrogens with zero attached hydrogens (tertiary/aromatic N) is 1. The van der Waals surface area contributed by atoms with Crippen LogP contribution in [0.15, 0.2) is 0 Å². The van der Waals surface area contributed by atoms with Gasteiger partial charge in [0, 0.05) is 25.4 Å². The summed E-state index contributed by atoms with van der Waals surface area (Å²) in [6.07, 6.45) is 3.99. The van der Waals surface area contributed by atoms with E-state index in [9.17, 15) is 14.7 Å². The third-order valence-corrected chi connectivity index (χ3v) is 4.00. The van der Waals surface area contributed by atoms with Crippen molar-refractivity contribution < 1.29 is 19.8 Å². The van der Waals surface area contributed by atoms with Crippen molar-refractivity contribution in [3.63, 3.8) is 0 Å². The van der Waals surface area contributed by atoms with Crippen LogP contribution in [0.4, 0.5) is 0 Å². The van der Waals surface area contributed by atoms with E-state index >= 15 is 0 Å². The number of hydrogen-bond acceptors (Lipinski definition) is 4. The van der Waals surface area contributed by atoms with Gasteiger partial charge in [0.15, 0.2) is 0 Å². The minimum atomic E-state index is -1.03. The number of nitrogens with one attached hydrogen (secondary N) is 1. The lowest BCUT2D eigenvalue weighted by molar-refractivity contribution is -0.148. The number of carboxylic acids is 1. The first-order chi connectivity index (χ1) is 9.08. The number of carboxylic acid groups (broad SMARTS) is 1. The summed E-state index contributed by atoms with van der Waals surface area (Å²) >= 11 is 0. The van der Waals surface area contributed by atoms with Crippen molar-refractivity contribution in [3.05, 3.63) is 0 Å². The second-order valence-electron chi connectivity index (χ2n) is 5.48. The number of likely N-dealkylation sites (tertiary alicyclic amines) is 1. The highest BCUT2D eigenvalue weighted by Gasteiger charge is 2.38. The fourth-order valence-electron chi connectivity index (χ4n) is 2.94. The lowest BCUT2D eigenvalue weighted by atomic mass is 10.0. The van der Waals surface area contributed by atoms with Crippen molar-refractivity contribution in [2.45, 2.75) is 56.7 Å². The van der Waals surface area contributed by atoms with E-state index in [2.05, 4.69) is 5.32 Å². The molecule has 6 heteroatoms. The maximum Gasteiger partial charge on any atom is 0.326 e. The summed E-state index contributed by atoms with van der Waals surface area (Å²) in [5.74, 6) is -1.18. The summed E-state index contributed by atoms with van der Waals surface area (Å²) in [6, 6.07) is -0.490. The average Bonchev–Trinajstić information content (AvgIpc) is 2.79. The zero-order valence-corrected chi connectivity index (χ0v) is 11.0. The first-order valence-corrected chi connectivity index (χ1v) is 7.01. The zero-order chi connectivity index (χ0) is 13.8. The molecule has 6 nitrogen and oxygen atoms in total. The molecule has 0 radical (unpaired) electrons. The fourth-order valence-corrected chi connectivity index (χ4v) is 2.94. The number of aliphatic hydroxyl groups excluding tert-OH is 1. The lowest BCUT2D eigenvalue weighted by Gasteiger charge is -2.25. The van der Waals surface area contributed by atoms with Gasteiger partial charge in [-0.1, -0.05) is 6.42 Å². The van der Waals surface area contributed by atoms with Crippen molar-refractivity contribution in [1.29, 1.82) is 0 Å². The molecule has 0 saturated carbocycles. The molecule has 3 atom stereocenters. The minimum absolute atomic E-state index is 0.142. The third-order valence-electron chi connectivity index (χ3n) is 4.00. The van der Waals surface area contributed by atoms with Crippen LogP contribution in [0.3, 0.4) is 0 Å². The van der Waals surface area contributed by atoms with Crippen LogP contribution in [0.25, 0.3) is 0 Å². The first-order valence-electron chi connectivity index (χ1n) is 7.01. The number of aliphatic hydroxyl groups is 1. The molecule has 2 fully saturated rings. The smallest absolute Gasteiger partial charge is 0.326 e. The molecule has 0 aromatic heterocycles. The molecule has 2 saturated heterocycles.